The zero-order chi connectivity index (χ0) is 10.3. The predicted octanol–water partition coefficient (Wildman–Crippen LogP) is 2.85. The van der Waals surface area contributed by atoms with Gasteiger partial charge in [-0.3, -0.25) is 0 Å². The number of hydrogen-bond acceptors (Lipinski definition) is 1. The fraction of sp³-hybridized carbons (Fsp3) is 0.0769. The van der Waals surface area contributed by atoms with E-state index in [9.17, 15) is 0 Å². The van der Waals surface area contributed by atoms with Crippen LogP contribution in [0.4, 0.5) is 0 Å². The van der Waals surface area contributed by atoms with E-state index in [4.69, 9.17) is 4.74 Å². The molecular formula is C13H11OP. The third-order valence-electron chi connectivity index (χ3n) is 2.67. The number of rotatable bonds is 0. The molecule has 3 rings (SSSR count). The monoisotopic (exact) mass is 214 g/mol. The second-order valence-electron chi connectivity index (χ2n) is 3.60. The van der Waals surface area contributed by atoms with Crippen LogP contribution in [0.5, 0.6) is 11.5 Å². The van der Waals surface area contributed by atoms with Crippen molar-refractivity contribution in [3.05, 3.63) is 48.5 Å². The Labute approximate surface area is 90.5 Å². The van der Waals surface area contributed by atoms with Crippen molar-refractivity contribution in [3.63, 3.8) is 0 Å². The predicted molar refractivity (Wildman–Crippen MR) is 65.1 cm³/mol. The Bertz CT molecular complexity index is 462. The van der Waals surface area contributed by atoms with E-state index in [1.807, 2.05) is 24.3 Å². The van der Waals surface area contributed by atoms with E-state index in [1.165, 1.54) is 10.6 Å². The number of benzene rings is 2. The summed E-state index contributed by atoms with van der Waals surface area (Å²) in [6.45, 7) is 2.29. The minimum absolute atomic E-state index is 0.248. The lowest BCUT2D eigenvalue weighted by molar-refractivity contribution is 0.488. The van der Waals surface area contributed by atoms with E-state index in [2.05, 4.69) is 30.9 Å². The summed E-state index contributed by atoms with van der Waals surface area (Å²) in [4.78, 5) is 0. The van der Waals surface area contributed by atoms with E-state index in [-0.39, 0.29) is 7.92 Å². The molecule has 1 aliphatic rings. The first-order valence-corrected chi connectivity index (χ1v) is 6.75. The van der Waals surface area contributed by atoms with E-state index in [1.54, 1.807) is 0 Å². The van der Waals surface area contributed by atoms with Gasteiger partial charge in [-0.25, -0.2) is 0 Å². The Kier molecular flexibility index (Phi) is 2.00. The largest absolute Gasteiger partial charge is 0.456 e. The first-order valence-electron chi connectivity index (χ1n) is 4.96. The first kappa shape index (κ1) is 8.94. The van der Waals surface area contributed by atoms with Crippen LogP contribution in [-0.2, 0) is 0 Å². The molecule has 74 valence electrons. The summed E-state index contributed by atoms with van der Waals surface area (Å²) in [5.74, 6) is 2.04. The second kappa shape index (κ2) is 3.36. The molecule has 1 nitrogen and oxygen atoms in total. The van der Waals surface area contributed by atoms with Crippen LogP contribution in [0, 0.1) is 0 Å². The van der Waals surface area contributed by atoms with Gasteiger partial charge in [-0.15, -0.1) is 0 Å². The summed E-state index contributed by atoms with van der Waals surface area (Å²) in [5.41, 5.74) is 0. The molecule has 0 amide bonds. The molecule has 1 heterocycles. The van der Waals surface area contributed by atoms with Crippen LogP contribution in [0.1, 0.15) is 0 Å². The summed E-state index contributed by atoms with van der Waals surface area (Å²) in [6, 6.07) is 16.6. The maximum Gasteiger partial charge on any atom is 0.135 e. The lowest BCUT2D eigenvalue weighted by atomic mass is 10.3. The zero-order valence-electron chi connectivity index (χ0n) is 8.47. The van der Waals surface area contributed by atoms with Gasteiger partial charge >= 0.3 is 0 Å². The van der Waals surface area contributed by atoms with E-state index in [0.717, 1.165) is 11.5 Å². The highest BCUT2D eigenvalue weighted by atomic mass is 31.1. The van der Waals surface area contributed by atoms with Crippen LogP contribution < -0.4 is 15.3 Å². The number of fused-ring (bicyclic) bond motifs is 2. The number of hydrogen-bond donors (Lipinski definition) is 0. The van der Waals surface area contributed by atoms with Crippen LogP contribution >= 0.6 is 7.92 Å². The van der Waals surface area contributed by atoms with Gasteiger partial charge in [-0.05, 0) is 26.7 Å². The number of ether oxygens (including phenoxy) is 1. The highest BCUT2D eigenvalue weighted by molar-refractivity contribution is 7.72. The van der Waals surface area contributed by atoms with Gasteiger partial charge in [0.15, 0.2) is 0 Å². The fourth-order valence-corrected chi connectivity index (χ4v) is 3.67. The Morgan fingerprint density at radius 2 is 1.27 bits per heavy atom. The Balaban J connectivity index is 2.20. The molecule has 0 aliphatic carbocycles. The van der Waals surface area contributed by atoms with Crippen molar-refractivity contribution in [1.29, 1.82) is 0 Å². The van der Waals surface area contributed by atoms with Crippen LogP contribution in [0.25, 0.3) is 0 Å². The molecule has 0 saturated carbocycles. The lowest BCUT2D eigenvalue weighted by Gasteiger charge is -2.25. The summed E-state index contributed by atoms with van der Waals surface area (Å²) in [7, 11) is -0.248. The van der Waals surface area contributed by atoms with Crippen LogP contribution in [0.15, 0.2) is 48.5 Å². The van der Waals surface area contributed by atoms with Crippen molar-refractivity contribution in [2.45, 2.75) is 0 Å². The van der Waals surface area contributed by atoms with Gasteiger partial charge in [0.1, 0.15) is 11.5 Å². The molecule has 1 aliphatic heterocycles. The van der Waals surface area contributed by atoms with Crippen molar-refractivity contribution in [2.24, 2.45) is 0 Å². The van der Waals surface area contributed by atoms with E-state index < -0.39 is 0 Å². The average Bonchev–Trinajstić information content (AvgIpc) is 2.30. The smallest absolute Gasteiger partial charge is 0.135 e. The molecule has 0 radical (unpaired) electrons. The molecule has 0 fully saturated rings. The maximum absolute atomic E-state index is 5.86. The minimum atomic E-state index is -0.248. The van der Waals surface area contributed by atoms with Crippen LogP contribution in [0.2, 0.25) is 0 Å². The van der Waals surface area contributed by atoms with Crippen LogP contribution in [0.3, 0.4) is 0 Å². The molecule has 2 aromatic carbocycles. The minimum Gasteiger partial charge on any atom is -0.456 e. The number of para-hydroxylation sites is 2. The normalized spacial score (nSPS) is 13.9. The third-order valence-corrected chi connectivity index (χ3v) is 4.86. The SMILES string of the molecule is CP1c2ccccc2Oc2ccccc21. The maximum atomic E-state index is 5.86. The Hall–Kier alpha value is -1.33. The highest BCUT2D eigenvalue weighted by Crippen LogP contribution is 2.41. The van der Waals surface area contributed by atoms with E-state index in [0.29, 0.717) is 0 Å². The molecule has 0 saturated heterocycles. The van der Waals surface area contributed by atoms with Crippen molar-refractivity contribution in [3.8, 4) is 11.5 Å². The van der Waals surface area contributed by atoms with Gasteiger partial charge < -0.3 is 4.74 Å². The summed E-state index contributed by atoms with van der Waals surface area (Å²) in [5, 5.41) is 2.68. The van der Waals surface area contributed by atoms with E-state index >= 15 is 0 Å². The highest BCUT2D eigenvalue weighted by Gasteiger charge is 2.22. The second-order valence-corrected chi connectivity index (χ2v) is 5.68. The van der Waals surface area contributed by atoms with Crippen molar-refractivity contribution < 1.29 is 4.74 Å². The van der Waals surface area contributed by atoms with Crippen molar-refractivity contribution >= 4 is 18.5 Å². The zero-order valence-corrected chi connectivity index (χ0v) is 9.37. The summed E-state index contributed by atoms with van der Waals surface area (Å²) >= 11 is 0. The molecule has 0 bridgehead atoms. The Morgan fingerprint density at radius 1 is 0.800 bits per heavy atom. The van der Waals surface area contributed by atoms with Gasteiger partial charge in [0.25, 0.3) is 0 Å². The van der Waals surface area contributed by atoms with Crippen molar-refractivity contribution in [1.82, 2.24) is 0 Å². The molecule has 0 unspecified atom stereocenters. The molecule has 0 spiro atoms. The van der Waals surface area contributed by atoms with Gasteiger partial charge in [-0.1, -0.05) is 36.4 Å². The van der Waals surface area contributed by atoms with Crippen LogP contribution in [-0.4, -0.2) is 6.66 Å². The quantitative estimate of drug-likeness (QED) is 0.613. The summed E-state index contributed by atoms with van der Waals surface area (Å²) in [6.07, 6.45) is 0. The van der Waals surface area contributed by atoms with Gasteiger partial charge in [0.2, 0.25) is 0 Å². The molecule has 0 N–H and O–H groups in total. The molecule has 2 heteroatoms. The fourth-order valence-electron chi connectivity index (χ4n) is 1.89. The molecule has 2 aromatic rings. The van der Waals surface area contributed by atoms with Gasteiger partial charge in [-0.2, -0.15) is 0 Å². The third kappa shape index (κ3) is 1.35. The average molecular weight is 214 g/mol. The van der Waals surface area contributed by atoms with Crippen molar-refractivity contribution in [2.75, 3.05) is 6.66 Å². The topological polar surface area (TPSA) is 9.23 Å². The summed E-state index contributed by atoms with van der Waals surface area (Å²) < 4.78 is 5.86. The Morgan fingerprint density at radius 3 is 1.80 bits per heavy atom. The molecule has 15 heavy (non-hydrogen) atoms. The first-order chi connectivity index (χ1) is 7.36. The molecular weight excluding hydrogens is 203 g/mol. The lowest BCUT2D eigenvalue weighted by Crippen LogP contribution is -2.20. The standard InChI is InChI=1S/C13H11OP/c1-15-12-8-4-2-6-10(12)14-11-7-3-5-9-13(11)15/h2-9H,1H3. The van der Waals surface area contributed by atoms with Gasteiger partial charge in [0, 0.05) is 10.6 Å². The molecule has 0 atom stereocenters. The van der Waals surface area contributed by atoms with Gasteiger partial charge in [0.05, 0.1) is 0 Å². The molecule has 0 aromatic heterocycles.